The quantitative estimate of drug-likeness (QED) is 0.730. The molecule has 1 saturated carbocycles. The summed E-state index contributed by atoms with van der Waals surface area (Å²) in [5.41, 5.74) is 2.48. The molecule has 3 rings (SSSR count). The lowest BCUT2D eigenvalue weighted by atomic mass is 9.90. The van der Waals surface area contributed by atoms with Crippen molar-refractivity contribution in [3.63, 3.8) is 0 Å². The average Bonchev–Trinajstić information content (AvgIpc) is 2.70. The van der Waals surface area contributed by atoms with E-state index in [2.05, 4.69) is 41.2 Å². The smallest absolute Gasteiger partial charge is 0.339 e. The van der Waals surface area contributed by atoms with Gasteiger partial charge in [-0.25, -0.2) is 4.79 Å². The Morgan fingerprint density at radius 1 is 1.15 bits per heavy atom. The highest BCUT2D eigenvalue weighted by Crippen LogP contribution is 2.27. The summed E-state index contributed by atoms with van der Waals surface area (Å²) >= 11 is 0. The Hall–Kier alpha value is -2.14. The van der Waals surface area contributed by atoms with Crippen LogP contribution in [-0.4, -0.2) is 47.6 Å². The summed E-state index contributed by atoms with van der Waals surface area (Å²) in [4.78, 5) is 18.9. The minimum Gasteiger partial charge on any atom is -0.462 e. The Morgan fingerprint density at radius 2 is 1.89 bits per heavy atom. The van der Waals surface area contributed by atoms with Gasteiger partial charge >= 0.3 is 5.97 Å². The second-order valence-electron chi connectivity index (χ2n) is 7.22. The predicted molar refractivity (Wildman–Crippen MR) is 110 cm³/mol. The van der Waals surface area contributed by atoms with Crippen molar-refractivity contribution < 1.29 is 9.53 Å². The van der Waals surface area contributed by atoms with Crippen molar-refractivity contribution in [2.75, 3.05) is 25.0 Å². The monoisotopic (exact) mass is 369 g/mol. The number of pyridine rings is 1. The molecular formula is C22H31N3O2. The van der Waals surface area contributed by atoms with Crippen LogP contribution in [0.25, 0.3) is 10.9 Å². The van der Waals surface area contributed by atoms with E-state index in [4.69, 9.17) is 4.74 Å². The zero-order valence-electron chi connectivity index (χ0n) is 16.7. The molecule has 27 heavy (non-hydrogen) atoms. The topological polar surface area (TPSA) is 54.5 Å². The number of nitrogens with one attached hydrogen (secondary N) is 1. The largest absolute Gasteiger partial charge is 0.462 e. The highest BCUT2D eigenvalue weighted by molar-refractivity contribution is 5.94. The fraction of sp³-hybridized carbons (Fsp3) is 0.545. The molecule has 1 fully saturated rings. The Kier molecular flexibility index (Phi) is 6.67. The maximum Gasteiger partial charge on any atom is 0.339 e. The molecule has 1 aliphatic rings. The number of hydrogen-bond donors (Lipinski definition) is 1. The van der Waals surface area contributed by atoms with Crippen molar-refractivity contribution in [2.24, 2.45) is 0 Å². The number of rotatable bonds is 7. The summed E-state index contributed by atoms with van der Waals surface area (Å²) < 4.78 is 5.08. The first kappa shape index (κ1) is 19.6. The van der Waals surface area contributed by atoms with Crippen molar-refractivity contribution in [2.45, 2.75) is 58.5 Å². The highest BCUT2D eigenvalue weighted by Gasteiger charge is 2.24. The van der Waals surface area contributed by atoms with E-state index in [9.17, 15) is 4.79 Å². The van der Waals surface area contributed by atoms with Crippen LogP contribution in [0, 0.1) is 0 Å². The number of carbonyl (C=O) groups excluding carboxylic acids is 1. The molecule has 0 unspecified atom stereocenters. The molecule has 0 amide bonds. The third kappa shape index (κ3) is 4.78. The second-order valence-corrected chi connectivity index (χ2v) is 7.22. The zero-order chi connectivity index (χ0) is 19.2. The molecule has 0 saturated heterocycles. The lowest BCUT2D eigenvalue weighted by molar-refractivity contribution is 0.0526. The molecule has 1 heterocycles. The van der Waals surface area contributed by atoms with Crippen molar-refractivity contribution in [1.29, 1.82) is 0 Å². The molecule has 0 aliphatic heterocycles. The Bertz CT molecular complexity index is 765. The first-order chi connectivity index (χ1) is 13.1. The molecule has 2 aromatic rings. The van der Waals surface area contributed by atoms with Gasteiger partial charge in [-0.05, 0) is 70.0 Å². The van der Waals surface area contributed by atoms with Gasteiger partial charge in [0.15, 0.2) is 0 Å². The zero-order valence-corrected chi connectivity index (χ0v) is 16.7. The molecule has 5 nitrogen and oxygen atoms in total. The van der Waals surface area contributed by atoms with Crippen molar-refractivity contribution >= 4 is 22.6 Å². The maximum absolute atomic E-state index is 11.9. The van der Waals surface area contributed by atoms with E-state index in [1.165, 1.54) is 25.7 Å². The van der Waals surface area contributed by atoms with E-state index in [0.717, 1.165) is 35.7 Å². The van der Waals surface area contributed by atoms with Crippen LogP contribution in [0.3, 0.4) is 0 Å². The van der Waals surface area contributed by atoms with E-state index in [-0.39, 0.29) is 5.97 Å². The van der Waals surface area contributed by atoms with Gasteiger partial charge < -0.3 is 15.0 Å². The van der Waals surface area contributed by atoms with Crippen LogP contribution in [-0.2, 0) is 4.74 Å². The van der Waals surface area contributed by atoms with Crippen molar-refractivity contribution in [1.82, 2.24) is 9.88 Å². The fourth-order valence-corrected chi connectivity index (χ4v) is 4.11. The number of esters is 1. The summed E-state index contributed by atoms with van der Waals surface area (Å²) in [7, 11) is 0. The SMILES string of the molecule is CCOC(=O)c1cnc2ccc(N[C@H]3CC[C@H](N(CC)CC)CC3)cc2c1. The number of ether oxygens (including phenoxy) is 1. The predicted octanol–water partition coefficient (Wildman–Crippen LogP) is 4.48. The summed E-state index contributed by atoms with van der Waals surface area (Å²) in [5.74, 6) is -0.319. The summed E-state index contributed by atoms with van der Waals surface area (Å²) in [6, 6.07) is 9.27. The molecular weight excluding hydrogens is 338 g/mol. The number of aromatic nitrogens is 1. The van der Waals surface area contributed by atoms with Gasteiger partial charge in [-0.1, -0.05) is 13.8 Å². The third-order valence-electron chi connectivity index (χ3n) is 5.59. The first-order valence-electron chi connectivity index (χ1n) is 10.2. The first-order valence-corrected chi connectivity index (χ1v) is 10.2. The minimum atomic E-state index is -0.319. The van der Waals surface area contributed by atoms with E-state index < -0.39 is 0 Å². The molecule has 0 radical (unpaired) electrons. The molecule has 146 valence electrons. The average molecular weight is 370 g/mol. The Balaban J connectivity index is 1.66. The van der Waals surface area contributed by atoms with E-state index in [1.54, 1.807) is 6.20 Å². The van der Waals surface area contributed by atoms with E-state index in [0.29, 0.717) is 18.2 Å². The number of benzene rings is 1. The Morgan fingerprint density at radius 3 is 2.56 bits per heavy atom. The maximum atomic E-state index is 11.9. The highest BCUT2D eigenvalue weighted by atomic mass is 16.5. The number of fused-ring (bicyclic) bond motifs is 1. The minimum absolute atomic E-state index is 0.319. The lowest BCUT2D eigenvalue weighted by Crippen LogP contribution is -2.40. The second kappa shape index (κ2) is 9.18. The van der Waals surface area contributed by atoms with Gasteiger partial charge in [0.25, 0.3) is 0 Å². The van der Waals surface area contributed by atoms with Gasteiger partial charge in [0.05, 0.1) is 17.7 Å². The van der Waals surface area contributed by atoms with Crippen LogP contribution in [0.1, 0.15) is 56.8 Å². The van der Waals surface area contributed by atoms with Crippen LogP contribution in [0.15, 0.2) is 30.5 Å². The molecule has 0 atom stereocenters. The molecule has 0 bridgehead atoms. The van der Waals surface area contributed by atoms with Crippen molar-refractivity contribution in [3.8, 4) is 0 Å². The molecule has 0 spiro atoms. The van der Waals surface area contributed by atoms with Gasteiger partial charge in [0.1, 0.15) is 0 Å². The molecule has 5 heteroatoms. The number of hydrogen-bond acceptors (Lipinski definition) is 5. The normalized spacial score (nSPS) is 20.0. The Labute approximate surface area is 162 Å². The number of nitrogens with zero attached hydrogens (tertiary/aromatic N) is 2. The summed E-state index contributed by atoms with van der Waals surface area (Å²) in [5, 5.41) is 4.64. The van der Waals surface area contributed by atoms with Crippen LogP contribution in [0.4, 0.5) is 5.69 Å². The number of carbonyl (C=O) groups is 1. The van der Waals surface area contributed by atoms with Gasteiger partial charge in [-0.15, -0.1) is 0 Å². The standard InChI is InChI=1S/C22H31N3O2/c1-4-25(5-2)20-10-7-18(8-11-20)24-19-9-12-21-16(14-19)13-17(15-23-21)22(26)27-6-3/h9,12-15,18,20,24H,4-8,10-11H2,1-3H3/t18-,20-. The molecule has 1 N–H and O–H groups in total. The fourth-order valence-electron chi connectivity index (χ4n) is 4.11. The molecule has 1 aromatic carbocycles. The van der Waals surface area contributed by atoms with Crippen LogP contribution >= 0.6 is 0 Å². The van der Waals surface area contributed by atoms with Crippen LogP contribution in [0.5, 0.6) is 0 Å². The van der Waals surface area contributed by atoms with Crippen LogP contribution < -0.4 is 5.32 Å². The van der Waals surface area contributed by atoms with Crippen molar-refractivity contribution in [3.05, 3.63) is 36.0 Å². The summed E-state index contributed by atoms with van der Waals surface area (Å²) in [6.07, 6.45) is 6.48. The third-order valence-corrected chi connectivity index (χ3v) is 5.59. The van der Waals surface area contributed by atoms with Gasteiger partial charge in [-0.3, -0.25) is 4.98 Å². The van der Waals surface area contributed by atoms with Gasteiger partial charge in [0, 0.05) is 29.4 Å². The molecule has 1 aliphatic carbocycles. The van der Waals surface area contributed by atoms with E-state index >= 15 is 0 Å². The number of anilines is 1. The van der Waals surface area contributed by atoms with E-state index in [1.807, 2.05) is 19.1 Å². The summed E-state index contributed by atoms with van der Waals surface area (Å²) in [6.45, 7) is 8.96. The lowest BCUT2D eigenvalue weighted by Gasteiger charge is -2.36. The van der Waals surface area contributed by atoms with Crippen LogP contribution in [0.2, 0.25) is 0 Å². The molecule has 1 aromatic heterocycles. The van der Waals surface area contributed by atoms with Gasteiger partial charge in [0.2, 0.25) is 0 Å². The van der Waals surface area contributed by atoms with Gasteiger partial charge in [-0.2, -0.15) is 0 Å².